The van der Waals surface area contributed by atoms with Crippen LogP contribution >= 0.6 is 0 Å². The first-order valence-corrected chi connectivity index (χ1v) is 10.1. The van der Waals surface area contributed by atoms with E-state index >= 15 is 0 Å². The Balaban J connectivity index is 1.33. The van der Waals surface area contributed by atoms with E-state index in [1.807, 2.05) is 30.3 Å². The van der Waals surface area contributed by atoms with Crippen molar-refractivity contribution in [3.63, 3.8) is 0 Å². The number of nitrogens with one attached hydrogen (secondary N) is 2. The summed E-state index contributed by atoms with van der Waals surface area (Å²) in [4.78, 5) is 13.9. The molecule has 2 aromatic rings. The third kappa shape index (κ3) is 4.02. The molecule has 2 aliphatic rings. The van der Waals surface area contributed by atoms with Gasteiger partial charge in [-0.05, 0) is 67.6 Å². The molecule has 2 N–H and O–H groups in total. The van der Waals surface area contributed by atoms with E-state index in [1.54, 1.807) is 0 Å². The van der Waals surface area contributed by atoms with Crippen molar-refractivity contribution in [3.05, 3.63) is 59.2 Å². The summed E-state index contributed by atoms with van der Waals surface area (Å²) >= 11 is 0. The number of fused-ring (bicyclic) bond motifs is 1. The molecule has 1 atom stereocenters. The van der Waals surface area contributed by atoms with Gasteiger partial charge in [-0.1, -0.05) is 12.1 Å². The van der Waals surface area contributed by atoms with Crippen molar-refractivity contribution in [2.24, 2.45) is 0 Å². The molecular formula is C23H26N4O. The van der Waals surface area contributed by atoms with Crippen molar-refractivity contribution in [2.45, 2.75) is 44.7 Å². The average Bonchev–Trinajstić information content (AvgIpc) is 2.74. The number of nitrogens with zero attached hydrogens (tertiary/aromatic N) is 2. The van der Waals surface area contributed by atoms with E-state index in [2.05, 4.69) is 40.7 Å². The van der Waals surface area contributed by atoms with Gasteiger partial charge in [-0.25, -0.2) is 0 Å². The van der Waals surface area contributed by atoms with E-state index in [0.717, 1.165) is 38.0 Å². The highest BCUT2D eigenvalue weighted by molar-refractivity contribution is 5.93. The van der Waals surface area contributed by atoms with Gasteiger partial charge < -0.3 is 15.5 Å². The van der Waals surface area contributed by atoms with Gasteiger partial charge in [-0.15, -0.1) is 0 Å². The molecule has 5 heteroatoms. The fourth-order valence-electron chi connectivity index (χ4n) is 4.17. The van der Waals surface area contributed by atoms with Crippen molar-refractivity contribution in [1.82, 2.24) is 5.32 Å². The van der Waals surface area contributed by atoms with Gasteiger partial charge in [-0.2, -0.15) is 5.26 Å². The topological polar surface area (TPSA) is 68.2 Å². The normalized spacial score (nSPS) is 18.1. The summed E-state index contributed by atoms with van der Waals surface area (Å²) in [6.45, 7) is 4.26. The van der Waals surface area contributed by atoms with Crippen LogP contribution in [0.3, 0.4) is 0 Å². The van der Waals surface area contributed by atoms with Gasteiger partial charge in [0, 0.05) is 43.0 Å². The molecule has 0 aliphatic carbocycles. The number of carbonyl (C=O) groups is 1. The standard InChI is InChI=1S/C23H26N4O/c1-16(18-4-8-22-19(14-18)5-9-23(28)26-22)25-20-10-12-27(13-11-20)21-6-2-17(15-24)3-7-21/h2-4,6-8,14,16,20,25H,5,9-13H2,1H3,(H,26,28)/t16-/m0/s1. The van der Waals surface area contributed by atoms with Crippen molar-refractivity contribution in [1.29, 1.82) is 5.26 Å². The van der Waals surface area contributed by atoms with Crippen LogP contribution in [0.5, 0.6) is 0 Å². The van der Waals surface area contributed by atoms with Gasteiger partial charge in [-0.3, -0.25) is 4.79 Å². The molecule has 28 heavy (non-hydrogen) atoms. The van der Waals surface area contributed by atoms with Crippen LogP contribution in [0.2, 0.25) is 0 Å². The highest BCUT2D eigenvalue weighted by Crippen LogP contribution is 2.27. The Morgan fingerprint density at radius 2 is 1.89 bits per heavy atom. The van der Waals surface area contributed by atoms with E-state index in [-0.39, 0.29) is 11.9 Å². The molecule has 2 heterocycles. The Kier molecular flexibility index (Phi) is 5.31. The minimum atomic E-state index is 0.112. The molecule has 0 unspecified atom stereocenters. The van der Waals surface area contributed by atoms with Crippen LogP contribution in [0.4, 0.5) is 11.4 Å². The van der Waals surface area contributed by atoms with E-state index in [9.17, 15) is 4.79 Å². The number of hydrogen-bond donors (Lipinski definition) is 2. The maximum Gasteiger partial charge on any atom is 0.224 e. The first-order chi connectivity index (χ1) is 13.6. The summed E-state index contributed by atoms with van der Waals surface area (Å²) in [5, 5.41) is 15.7. The number of piperidine rings is 1. The number of amides is 1. The van der Waals surface area contributed by atoms with E-state index in [0.29, 0.717) is 18.0 Å². The third-order valence-electron chi connectivity index (χ3n) is 5.87. The lowest BCUT2D eigenvalue weighted by Gasteiger charge is -2.35. The first kappa shape index (κ1) is 18.5. The lowest BCUT2D eigenvalue weighted by atomic mass is 9.96. The smallest absolute Gasteiger partial charge is 0.224 e. The zero-order valence-corrected chi connectivity index (χ0v) is 16.2. The third-order valence-corrected chi connectivity index (χ3v) is 5.87. The van der Waals surface area contributed by atoms with E-state index in [4.69, 9.17) is 5.26 Å². The van der Waals surface area contributed by atoms with E-state index < -0.39 is 0 Å². The number of benzene rings is 2. The Labute approximate surface area is 166 Å². The number of aryl methyl sites for hydroxylation is 1. The van der Waals surface area contributed by atoms with Gasteiger partial charge in [0.25, 0.3) is 0 Å². The molecule has 2 aromatic carbocycles. The number of anilines is 2. The van der Waals surface area contributed by atoms with E-state index in [1.165, 1.54) is 16.8 Å². The highest BCUT2D eigenvalue weighted by atomic mass is 16.1. The maximum absolute atomic E-state index is 11.5. The zero-order valence-electron chi connectivity index (χ0n) is 16.2. The molecule has 0 spiro atoms. The summed E-state index contributed by atoms with van der Waals surface area (Å²) in [5.41, 5.74) is 5.38. The molecule has 1 saturated heterocycles. The number of carbonyl (C=O) groups excluding carboxylic acids is 1. The Morgan fingerprint density at radius 3 is 2.61 bits per heavy atom. The van der Waals surface area contributed by atoms with Crippen LogP contribution < -0.4 is 15.5 Å². The molecule has 1 fully saturated rings. The summed E-state index contributed by atoms with van der Waals surface area (Å²) in [5.74, 6) is 0.112. The monoisotopic (exact) mass is 374 g/mol. The second-order valence-electron chi connectivity index (χ2n) is 7.77. The van der Waals surface area contributed by atoms with Gasteiger partial charge in [0.05, 0.1) is 11.6 Å². The second kappa shape index (κ2) is 8.04. The molecule has 0 saturated carbocycles. The van der Waals surface area contributed by atoms with Crippen molar-refractivity contribution < 1.29 is 4.79 Å². The second-order valence-corrected chi connectivity index (χ2v) is 7.77. The fourth-order valence-corrected chi connectivity index (χ4v) is 4.17. The van der Waals surface area contributed by atoms with Crippen LogP contribution in [0, 0.1) is 11.3 Å². The molecule has 0 aromatic heterocycles. The molecule has 2 aliphatic heterocycles. The van der Waals surface area contributed by atoms with Gasteiger partial charge in [0.1, 0.15) is 0 Å². The maximum atomic E-state index is 11.5. The van der Waals surface area contributed by atoms with Crippen LogP contribution in [-0.2, 0) is 11.2 Å². The predicted molar refractivity (Wildman–Crippen MR) is 111 cm³/mol. The van der Waals surface area contributed by atoms with Gasteiger partial charge in [0.2, 0.25) is 5.91 Å². The number of hydrogen-bond acceptors (Lipinski definition) is 4. The number of nitriles is 1. The Morgan fingerprint density at radius 1 is 1.14 bits per heavy atom. The van der Waals surface area contributed by atoms with Crippen LogP contribution in [0.25, 0.3) is 0 Å². The molecule has 5 nitrogen and oxygen atoms in total. The van der Waals surface area contributed by atoms with Crippen molar-refractivity contribution in [2.75, 3.05) is 23.3 Å². The summed E-state index contributed by atoms with van der Waals surface area (Å²) in [7, 11) is 0. The van der Waals surface area contributed by atoms with Crippen LogP contribution in [0.1, 0.15) is 48.9 Å². The number of rotatable bonds is 4. The van der Waals surface area contributed by atoms with Crippen LogP contribution in [-0.4, -0.2) is 25.0 Å². The van der Waals surface area contributed by atoms with Crippen molar-refractivity contribution >= 4 is 17.3 Å². The SMILES string of the molecule is C[C@H](NC1CCN(c2ccc(C#N)cc2)CC1)c1ccc2c(c1)CCC(=O)N2. The summed E-state index contributed by atoms with van der Waals surface area (Å²) in [6, 6.07) is 17.2. The minimum Gasteiger partial charge on any atom is -0.371 e. The minimum absolute atomic E-state index is 0.112. The quantitative estimate of drug-likeness (QED) is 0.855. The molecule has 4 rings (SSSR count). The summed E-state index contributed by atoms with van der Waals surface area (Å²) in [6.07, 6.45) is 3.60. The lowest BCUT2D eigenvalue weighted by Crippen LogP contribution is -2.43. The fraction of sp³-hybridized carbons (Fsp3) is 0.391. The average molecular weight is 374 g/mol. The Bertz CT molecular complexity index is 892. The van der Waals surface area contributed by atoms with Gasteiger partial charge in [0.15, 0.2) is 0 Å². The molecule has 1 amide bonds. The highest BCUT2D eigenvalue weighted by Gasteiger charge is 2.22. The molecule has 0 radical (unpaired) electrons. The Hall–Kier alpha value is -2.84. The molecule has 0 bridgehead atoms. The zero-order chi connectivity index (χ0) is 19.5. The summed E-state index contributed by atoms with van der Waals surface area (Å²) < 4.78 is 0. The first-order valence-electron chi connectivity index (χ1n) is 10.1. The molecular weight excluding hydrogens is 348 g/mol. The largest absolute Gasteiger partial charge is 0.371 e. The lowest BCUT2D eigenvalue weighted by molar-refractivity contribution is -0.116. The van der Waals surface area contributed by atoms with Crippen molar-refractivity contribution in [3.8, 4) is 6.07 Å². The van der Waals surface area contributed by atoms with Gasteiger partial charge >= 0.3 is 0 Å². The van der Waals surface area contributed by atoms with Crippen LogP contribution in [0.15, 0.2) is 42.5 Å². The molecule has 144 valence electrons. The predicted octanol–water partition coefficient (Wildman–Crippen LogP) is 3.76.